The Morgan fingerprint density at radius 3 is 2.81 bits per heavy atom. The molecule has 7 heteroatoms. The molecule has 1 aromatic heterocycles. The molecule has 0 spiro atoms. The zero-order chi connectivity index (χ0) is 11.5. The number of rotatable bonds is 3. The van der Waals surface area contributed by atoms with Gasteiger partial charge < -0.3 is 11.1 Å². The van der Waals surface area contributed by atoms with Crippen molar-refractivity contribution in [3.63, 3.8) is 0 Å². The summed E-state index contributed by atoms with van der Waals surface area (Å²) in [6.45, 7) is 0.378. The van der Waals surface area contributed by atoms with Crippen LogP contribution in [-0.4, -0.2) is 10.2 Å². The summed E-state index contributed by atoms with van der Waals surface area (Å²) in [7, 11) is 0. The molecule has 84 valence electrons. The average Bonchev–Trinajstić information content (AvgIpc) is 2.73. The van der Waals surface area contributed by atoms with E-state index in [9.17, 15) is 0 Å². The fourth-order valence-electron chi connectivity index (χ4n) is 1.10. The molecule has 4 nitrogen and oxygen atoms in total. The van der Waals surface area contributed by atoms with E-state index in [1.165, 1.54) is 11.3 Å². The smallest absolute Gasteiger partial charge is 0.210 e. The van der Waals surface area contributed by atoms with Crippen LogP contribution in [0.25, 0.3) is 0 Å². The van der Waals surface area contributed by atoms with Crippen LogP contribution in [0.5, 0.6) is 0 Å². The van der Waals surface area contributed by atoms with E-state index >= 15 is 0 Å². The molecule has 0 aliphatic rings. The monoisotopic (exact) mass is 274 g/mol. The van der Waals surface area contributed by atoms with Gasteiger partial charge in [0, 0.05) is 6.54 Å². The Labute approximate surface area is 106 Å². The SMILES string of the molecule is NCc1nnc(Nc2cccc(Cl)c2Cl)s1. The van der Waals surface area contributed by atoms with E-state index in [0.717, 1.165) is 5.01 Å². The van der Waals surface area contributed by atoms with E-state index < -0.39 is 0 Å². The van der Waals surface area contributed by atoms with Gasteiger partial charge in [0.05, 0.1) is 15.7 Å². The Balaban J connectivity index is 2.23. The summed E-state index contributed by atoms with van der Waals surface area (Å²) in [4.78, 5) is 0. The number of nitrogens with zero attached hydrogens (tertiary/aromatic N) is 2. The molecular formula is C9H8Cl2N4S. The lowest BCUT2D eigenvalue weighted by Crippen LogP contribution is -1.94. The fourth-order valence-corrected chi connectivity index (χ4v) is 2.08. The standard InChI is InChI=1S/C9H8Cl2N4S/c10-5-2-1-3-6(8(5)11)13-9-15-14-7(4-12)16-9/h1-3H,4,12H2,(H,13,15). The lowest BCUT2D eigenvalue weighted by Gasteiger charge is -2.05. The molecule has 0 amide bonds. The van der Waals surface area contributed by atoms with Crippen LogP contribution in [0.15, 0.2) is 18.2 Å². The van der Waals surface area contributed by atoms with Crippen molar-refractivity contribution in [1.82, 2.24) is 10.2 Å². The van der Waals surface area contributed by atoms with Crippen LogP contribution in [0.3, 0.4) is 0 Å². The van der Waals surface area contributed by atoms with Gasteiger partial charge in [-0.1, -0.05) is 40.6 Å². The van der Waals surface area contributed by atoms with Crippen LogP contribution in [0.4, 0.5) is 10.8 Å². The first-order valence-corrected chi connectivity index (χ1v) is 6.01. The average molecular weight is 275 g/mol. The third-order valence-electron chi connectivity index (χ3n) is 1.83. The lowest BCUT2D eigenvalue weighted by atomic mass is 10.3. The van der Waals surface area contributed by atoms with Gasteiger partial charge in [0.1, 0.15) is 5.01 Å². The van der Waals surface area contributed by atoms with Crippen molar-refractivity contribution in [3.8, 4) is 0 Å². The topological polar surface area (TPSA) is 63.8 Å². The van der Waals surface area contributed by atoms with E-state index in [2.05, 4.69) is 15.5 Å². The fraction of sp³-hybridized carbons (Fsp3) is 0.111. The van der Waals surface area contributed by atoms with Gasteiger partial charge in [-0.3, -0.25) is 0 Å². The maximum absolute atomic E-state index is 6.02. The number of benzene rings is 1. The lowest BCUT2D eigenvalue weighted by molar-refractivity contribution is 0.960. The molecule has 0 aliphatic heterocycles. The predicted octanol–water partition coefficient (Wildman–Crippen LogP) is 3.05. The van der Waals surface area contributed by atoms with Gasteiger partial charge in [-0.05, 0) is 12.1 Å². The van der Waals surface area contributed by atoms with Gasteiger partial charge in [0.15, 0.2) is 0 Å². The molecule has 0 saturated carbocycles. The van der Waals surface area contributed by atoms with Crippen molar-refractivity contribution in [3.05, 3.63) is 33.3 Å². The zero-order valence-electron chi connectivity index (χ0n) is 8.08. The molecule has 2 rings (SSSR count). The van der Waals surface area contributed by atoms with Gasteiger partial charge in [0.2, 0.25) is 5.13 Å². The molecule has 0 unspecified atom stereocenters. The quantitative estimate of drug-likeness (QED) is 0.903. The first-order valence-electron chi connectivity index (χ1n) is 4.44. The van der Waals surface area contributed by atoms with Crippen LogP contribution in [0.1, 0.15) is 5.01 Å². The van der Waals surface area contributed by atoms with Crippen LogP contribution in [0, 0.1) is 0 Å². The number of nitrogens with two attached hydrogens (primary N) is 1. The summed E-state index contributed by atoms with van der Waals surface area (Å²) in [5, 5.41) is 13.2. The van der Waals surface area contributed by atoms with Crippen molar-refractivity contribution in [2.45, 2.75) is 6.54 Å². The number of anilines is 2. The highest BCUT2D eigenvalue weighted by atomic mass is 35.5. The van der Waals surface area contributed by atoms with E-state index in [1.807, 2.05) is 6.07 Å². The van der Waals surface area contributed by atoms with Crippen molar-refractivity contribution in [2.24, 2.45) is 5.73 Å². The summed E-state index contributed by atoms with van der Waals surface area (Å²) in [5.41, 5.74) is 6.15. The second kappa shape index (κ2) is 4.97. The van der Waals surface area contributed by atoms with E-state index in [0.29, 0.717) is 27.4 Å². The van der Waals surface area contributed by atoms with Crippen molar-refractivity contribution in [1.29, 1.82) is 0 Å². The molecule has 1 heterocycles. The molecule has 16 heavy (non-hydrogen) atoms. The summed E-state index contributed by atoms with van der Waals surface area (Å²) in [6.07, 6.45) is 0. The molecule has 0 aliphatic carbocycles. The molecule has 1 aromatic carbocycles. The Hall–Kier alpha value is -0.880. The molecule has 0 bridgehead atoms. The van der Waals surface area contributed by atoms with Crippen molar-refractivity contribution < 1.29 is 0 Å². The maximum atomic E-state index is 6.02. The predicted molar refractivity (Wildman–Crippen MR) is 67.5 cm³/mol. The largest absolute Gasteiger partial charge is 0.329 e. The minimum absolute atomic E-state index is 0.378. The van der Waals surface area contributed by atoms with Gasteiger partial charge in [-0.15, -0.1) is 10.2 Å². The van der Waals surface area contributed by atoms with Crippen LogP contribution >= 0.6 is 34.5 Å². The highest BCUT2D eigenvalue weighted by molar-refractivity contribution is 7.15. The van der Waals surface area contributed by atoms with Gasteiger partial charge in [0.25, 0.3) is 0 Å². The Morgan fingerprint density at radius 1 is 1.31 bits per heavy atom. The Morgan fingerprint density at radius 2 is 2.12 bits per heavy atom. The van der Waals surface area contributed by atoms with E-state index in [4.69, 9.17) is 28.9 Å². The van der Waals surface area contributed by atoms with Crippen LogP contribution in [0.2, 0.25) is 10.0 Å². The Kier molecular flexibility index (Phi) is 3.60. The highest BCUT2D eigenvalue weighted by Gasteiger charge is 2.07. The molecule has 0 radical (unpaired) electrons. The third kappa shape index (κ3) is 2.44. The van der Waals surface area contributed by atoms with Crippen molar-refractivity contribution >= 4 is 45.4 Å². The van der Waals surface area contributed by atoms with Crippen LogP contribution < -0.4 is 11.1 Å². The minimum Gasteiger partial charge on any atom is -0.329 e. The normalized spacial score (nSPS) is 10.4. The van der Waals surface area contributed by atoms with E-state index in [1.54, 1.807) is 12.1 Å². The number of hydrogen-bond donors (Lipinski definition) is 2. The van der Waals surface area contributed by atoms with Crippen LogP contribution in [-0.2, 0) is 6.54 Å². The molecule has 0 fully saturated rings. The summed E-state index contributed by atoms with van der Waals surface area (Å²) < 4.78 is 0. The molecule has 2 aromatic rings. The molecular weight excluding hydrogens is 267 g/mol. The number of nitrogens with one attached hydrogen (secondary N) is 1. The zero-order valence-corrected chi connectivity index (χ0v) is 10.4. The molecule has 0 atom stereocenters. The van der Waals surface area contributed by atoms with Gasteiger partial charge >= 0.3 is 0 Å². The summed E-state index contributed by atoms with van der Waals surface area (Å²) in [5.74, 6) is 0. The Bertz CT molecular complexity index is 500. The first-order chi connectivity index (χ1) is 7.70. The minimum atomic E-state index is 0.378. The first kappa shape index (κ1) is 11.6. The summed E-state index contributed by atoms with van der Waals surface area (Å²) in [6, 6.07) is 5.35. The maximum Gasteiger partial charge on any atom is 0.210 e. The highest BCUT2D eigenvalue weighted by Crippen LogP contribution is 2.32. The van der Waals surface area contributed by atoms with Crippen molar-refractivity contribution in [2.75, 3.05) is 5.32 Å². The number of hydrogen-bond acceptors (Lipinski definition) is 5. The van der Waals surface area contributed by atoms with Gasteiger partial charge in [-0.2, -0.15) is 0 Å². The summed E-state index contributed by atoms with van der Waals surface area (Å²) >= 11 is 13.3. The second-order valence-electron chi connectivity index (χ2n) is 2.93. The molecule has 3 N–H and O–H groups in total. The number of aromatic nitrogens is 2. The van der Waals surface area contributed by atoms with Gasteiger partial charge in [-0.25, -0.2) is 0 Å². The second-order valence-corrected chi connectivity index (χ2v) is 4.78. The molecule has 0 saturated heterocycles. The third-order valence-corrected chi connectivity index (χ3v) is 3.51. The van der Waals surface area contributed by atoms with E-state index in [-0.39, 0.29) is 0 Å². The number of halogens is 2.